The lowest BCUT2D eigenvalue weighted by molar-refractivity contribution is 0.0910. The van der Waals surface area contributed by atoms with Gasteiger partial charge >= 0.3 is 0 Å². The van der Waals surface area contributed by atoms with E-state index in [1.165, 1.54) is 18.6 Å². The van der Waals surface area contributed by atoms with E-state index in [9.17, 15) is 13.2 Å². The Kier molecular flexibility index (Phi) is 6.24. The summed E-state index contributed by atoms with van der Waals surface area (Å²) in [5, 5.41) is 3.08. The van der Waals surface area contributed by atoms with E-state index in [0.717, 1.165) is 19.3 Å². The van der Waals surface area contributed by atoms with Gasteiger partial charge in [0.1, 0.15) is 5.75 Å². The second-order valence-electron chi connectivity index (χ2n) is 7.20. The van der Waals surface area contributed by atoms with Gasteiger partial charge in [0.15, 0.2) is 0 Å². The van der Waals surface area contributed by atoms with Gasteiger partial charge in [-0.15, -0.1) is 0 Å². The summed E-state index contributed by atoms with van der Waals surface area (Å²) in [6.07, 6.45) is 4.45. The molecule has 0 spiro atoms. The van der Waals surface area contributed by atoms with E-state index >= 15 is 0 Å². The molecule has 0 saturated heterocycles. The van der Waals surface area contributed by atoms with E-state index in [1.54, 1.807) is 43.5 Å². The molecule has 1 saturated carbocycles. The monoisotopic (exact) mass is 402 g/mol. The molecule has 0 bridgehead atoms. The van der Waals surface area contributed by atoms with Crippen LogP contribution < -0.4 is 14.8 Å². The highest BCUT2D eigenvalue weighted by Crippen LogP contribution is 2.24. The van der Waals surface area contributed by atoms with Gasteiger partial charge in [-0.1, -0.05) is 19.8 Å². The fourth-order valence-electron chi connectivity index (χ4n) is 3.44. The lowest BCUT2D eigenvalue weighted by Gasteiger charge is -2.29. The third kappa shape index (κ3) is 4.84. The Morgan fingerprint density at radius 3 is 2.25 bits per heavy atom. The van der Waals surface area contributed by atoms with Crippen LogP contribution in [0.2, 0.25) is 0 Å². The fourth-order valence-corrected chi connectivity index (χ4v) is 4.50. The molecule has 6 nitrogen and oxygen atoms in total. The van der Waals surface area contributed by atoms with Crippen LogP contribution in [-0.4, -0.2) is 27.5 Å². The van der Waals surface area contributed by atoms with Crippen LogP contribution in [0.15, 0.2) is 53.4 Å². The zero-order valence-corrected chi connectivity index (χ0v) is 17.0. The highest BCUT2D eigenvalue weighted by molar-refractivity contribution is 7.92. The Hall–Kier alpha value is -2.54. The minimum atomic E-state index is -3.73. The van der Waals surface area contributed by atoms with Crippen molar-refractivity contribution in [1.29, 1.82) is 0 Å². The molecule has 3 rings (SSSR count). The first-order valence-electron chi connectivity index (χ1n) is 9.47. The van der Waals surface area contributed by atoms with Gasteiger partial charge in [0.25, 0.3) is 15.9 Å². The zero-order chi connectivity index (χ0) is 20.1. The molecule has 2 N–H and O–H groups in total. The van der Waals surface area contributed by atoms with E-state index in [2.05, 4.69) is 17.0 Å². The number of nitrogens with one attached hydrogen (secondary N) is 2. The molecule has 7 heteroatoms. The van der Waals surface area contributed by atoms with Crippen LogP contribution in [0.4, 0.5) is 5.69 Å². The number of rotatable bonds is 6. The summed E-state index contributed by atoms with van der Waals surface area (Å²) in [5.41, 5.74) is 0.898. The largest absolute Gasteiger partial charge is 0.497 e. The quantitative estimate of drug-likeness (QED) is 0.770. The van der Waals surface area contributed by atoms with E-state index in [4.69, 9.17) is 4.74 Å². The van der Waals surface area contributed by atoms with Gasteiger partial charge in [0.2, 0.25) is 0 Å². The van der Waals surface area contributed by atoms with Crippen LogP contribution in [-0.2, 0) is 10.0 Å². The van der Waals surface area contributed by atoms with Gasteiger partial charge in [-0.05, 0) is 67.3 Å². The Morgan fingerprint density at radius 2 is 1.64 bits per heavy atom. The molecule has 1 fully saturated rings. The molecule has 0 aliphatic heterocycles. The summed E-state index contributed by atoms with van der Waals surface area (Å²) in [6, 6.07) is 12.8. The molecule has 150 valence electrons. The number of benzene rings is 2. The number of carbonyl (C=O) groups is 1. The van der Waals surface area contributed by atoms with Gasteiger partial charge in [0.05, 0.1) is 12.0 Å². The summed E-state index contributed by atoms with van der Waals surface area (Å²) in [5.74, 6) is 0.947. The topological polar surface area (TPSA) is 84.5 Å². The van der Waals surface area contributed by atoms with Gasteiger partial charge in [-0.3, -0.25) is 9.52 Å². The lowest BCUT2D eigenvalue weighted by atomic mass is 9.86. The third-order valence-electron chi connectivity index (χ3n) is 5.20. The molecule has 0 radical (unpaired) electrons. The summed E-state index contributed by atoms with van der Waals surface area (Å²) in [4.78, 5) is 12.6. The summed E-state index contributed by atoms with van der Waals surface area (Å²) in [6.45, 7) is 2.16. The summed E-state index contributed by atoms with van der Waals surface area (Å²) in [7, 11) is -2.19. The smallest absolute Gasteiger partial charge is 0.261 e. The predicted molar refractivity (Wildman–Crippen MR) is 109 cm³/mol. The van der Waals surface area contributed by atoms with Crippen LogP contribution in [0.1, 0.15) is 43.0 Å². The predicted octanol–water partition coefficient (Wildman–Crippen LogP) is 3.80. The lowest BCUT2D eigenvalue weighted by Crippen LogP contribution is -2.41. The van der Waals surface area contributed by atoms with Crippen molar-refractivity contribution in [3.8, 4) is 5.75 Å². The van der Waals surface area contributed by atoms with Crippen LogP contribution >= 0.6 is 0 Å². The number of methoxy groups -OCH3 is 1. The highest BCUT2D eigenvalue weighted by atomic mass is 32.2. The maximum Gasteiger partial charge on any atom is 0.261 e. The minimum absolute atomic E-state index is 0.103. The van der Waals surface area contributed by atoms with Crippen molar-refractivity contribution in [2.45, 2.75) is 43.5 Å². The molecule has 0 aromatic heterocycles. The second kappa shape index (κ2) is 8.65. The molecule has 2 aromatic carbocycles. The molecule has 2 atom stereocenters. The van der Waals surface area contributed by atoms with E-state index in [-0.39, 0.29) is 16.8 Å². The summed E-state index contributed by atoms with van der Waals surface area (Å²) < 4.78 is 32.7. The van der Waals surface area contributed by atoms with Crippen LogP contribution in [0.3, 0.4) is 0 Å². The van der Waals surface area contributed by atoms with E-state index in [1.807, 2.05) is 0 Å². The molecular weight excluding hydrogens is 376 g/mol. The van der Waals surface area contributed by atoms with Crippen LogP contribution in [0.25, 0.3) is 0 Å². The second-order valence-corrected chi connectivity index (χ2v) is 8.88. The standard InChI is InChI=1S/C21H26N2O4S/c1-15-5-3-4-6-20(15)22-21(24)16-7-13-19(14-8-16)28(25,26)23-17-9-11-18(27-2)12-10-17/h7-15,20,23H,3-6H2,1-2H3,(H,22,24). The number of hydrogen-bond acceptors (Lipinski definition) is 4. The molecule has 1 amide bonds. The number of carbonyl (C=O) groups excluding carboxylic acids is 1. The van der Waals surface area contributed by atoms with Crippen molar-refractivity contribution in [2.75, 3.05) is 11.8 Å². The average molecular weight is 403 g/mol. The highest BCUT2D eigenvalue weighted by Gasteiger charge is 2.23. The molecule has 2 aromatic rings. The Labute approximate surface area is 166 Å². The van der Waals surface area contributed by atoms with E-state index < -0.39 is 10.0 Å². The van der Waals surface area contributed by atoms with Crippen molar-refractivity contribution >= 4 is 21.6 Å². The van der Waals surface area contributed by atoms with Crippen LogP contribution in [0, 0.1) is 5.92 Å². The summed E-state index contributed by atoms with van der Waals surface area (Å²) >= 11 is 0. The number of ether oxygens (including phenoxy) is 1. The average Bonchev–Trinajstić information content (AvgIpc) is 2.70. The number of amides is 1. The SMILES string of the molecule is COc1ccc(NS(=O)(=O)c2ccc(C(=O)NC3CCCCC3C)cc2)cc1. The van der Waals surface area contributed by atoms with Crippen molar-refractivity contribution < 1.29 is 17.9 Å². The number of sulfonamides is 1. The Morgan fingerprint density at radius 1 is 1.00 bits per heavy atom. The molecule has 28 heavy (non-hydrogen) atoms. The van der Waals surface area contributed by atoms with Crippen molar-refractivity contribution in [3.63, 3.8) is 0 Å². The Balaban J connectivity index is 1.67. The normalized spacial score (nSPS) is 19.6. The fraction of sp³-hybridized carbons (Fsp3) is 0.381. The molecule has 1 aliphatic rings. The molecule has 0 heterocycles. The third-order valence-corrected chi connectivity index (χ3v) is 6.59. The first-order chi connectivity index (χ1) is 13.4. The first kappa shape index (κ1) is 20.2. The van der Waals surface area contributed by atoms with E-state index in [0.29, 0.717) is 22.9 Å². The number of hydrogen-bond donors (Lipinski definition) is 2. The molecule has 2 unspecified atom stereocenters. The first-order valence-corrected chi connectivity index (χ1v) is 10.9. The molecule has 1 aliphatic carbocycles. The van der Waals surface area contributed by atoms with Gasteiger partial charge in [0, 0.05) is 17.3 Å². The number of anilines is 1. The van der Waals surface area contributed by atoms with Gasteiger partial charge in [-0.2, -0.15) is 0 Å². The van der Waals surface area contributed by atoms with Crippen molar-refractivity contribution in [1.82, 2.24) is 5.32 Å². The van der Waals surface area contributed by atoms with Crippen LogP contribution in [0.5, 0.6) is 5.75 Å². The maximum atomic E-state index is 12.6. The Bertz CT molecular complexity index is 908. The molecular formula is C21H26N2O4S. The minimum Gasteiger partial charge on any atom is -0.497 e. The van der Waals surface area contributed by atoms with Gasteiger partial charge < -0.3 is 10.1 Å². The van der Waals surface area contributed by atoms with Crippen molar-refractivity contribution in [3.05, 3.63) is 54.1 Å². The zero-order valence-electron chi connectivity index (χ0n) is 16.1. The maximum absolute atomic E-state index is 12.6. The van der Waals surface area contributed by atoms with Crippen molar-refractivity contribution in [2.24, 2.45) is 5.92 Å². The van der Waals surface area contributed by atoms with Gasteiger partial charge in [-0.25, -0.2) is 8.42 Å².